The summed E-state index contributed by atoms with van der Waals surface area (Å²) in [4.78, 5) is 24.9. The van der Waals surface area contributed by atoms with E-state index >= 15 is 0 Å². The van der Waals surface area contributed by atoms with Crippen LogP contribution in [0.15, 0.2) is 170 Å². The molecule has 0 radical (unpaired) electrons. The van der Waals surface area contributed by atoms with Crippen LogP contribution in [0.5, 0.6) is 0 Å². The van der Waals surface area contributed by atoms with Crippen LogP contribution < -0.4 is 0 Å². The van der Waals surface area contributed by atoms with Gasteiger partial charge in [-0.15, -0.1) is 0 Å². The van der Waals surface area contributed by atoms with Crippen molar-refractivity contribution in [1.82, 2.24) is 24.9 Å². The predicted molar refractivity (Wildman–Crippen MR) is 228 cm³/mol. The lowest BCUT2D eigenvalue weighted by atomic mass is 9.82. The molecule has 0 saturated carbocycles. The first-order valence-corrected chi connectivity index (χ1v) is 19.0. The maximum Gasteiger partial charge on any atom is 0.163 e. The van der Waals surface area contributed by atoms with Crippen molar-refractivity contribution in [2.24, 2.45) is 0 Å². The van der Waals surface area contributed by atoms with E-state index < -0.39 is 0 Å². The Bertz CT molecular complexity index is 2960. The normalized spacial score (nSPS) is 12.7. The van der Waals surface area contributed by atoms with Gasteiger partial charge in [-0.3, -0.25) is 0 Å². The first-order chi connectivity index (χ1) is 27.4. The third kappa shape index (κ3) is 5.85. The summed E-state index contributed by atoms with van der Waals surface area (Å²) >= 11 is 0. The molecule has 2 heterocycles. The van der Waals surface area contributed by atoms with Crippen molar-refractivity contribution in [1.29, 1.82) is 0 Å². The highest BCUT2D eigenvalue weighted by Gasteiger charge is 2.35. The molecular weight excluding hydrogens is 683 g/mol. The van der Waals surface area contributed by atoms with Crippen LogP contribution in [0.1, 0.15) is 30.8 Å². The molecule has 56 heavy (non-hydrogen) atoms. The number of rotatable bonds is 6. The van der Waals surface area contributed by atoms with Crippen molar-refractivity contribution >= 4 is 10.8 Å². The molecule has 0 bridgehead atoms. The highest BCUT2D eigenvalue weighted by Crippen LogP contribution is 2.49. The van der Waals surface area contributed by atoms with Gasteiger partial charge in [0.15, 0.2) is 17.5 Å². The molecule has 0 spiro atoms. The zero-order valence-electron chi connectivity index (χ0n) is 31.4. The van der Waals surface area contributed by atoms with Crippen LogP contribution in [0.25, 0.3) is 89.7 Å². The lowest BCUT2D eigenvalue weighted by molar-refractivity contribution is 0.660. The van der Waals surface area contributed by atoms with Gasteiger partial charge in [0.25, 0.3) is 0 Å². The average molecular weight is 720 g/mol. The number of hydrogen-bond acceptors (Lipinski definition) is 5. The second kappa shape index (κ2) is 13.3. The van der Waals surface area contributed by atoms with Crippen LogP contribution in [0.3, 0.4) is 0 Å². The number of benzene rings is 7. The predicted octanol–water partition coefficient (Wildman–Crippen LogP) is 12.4. The summed E-state index contributed by atoms with van der Waals surface area (Å²) in [6.07, 6.45) is 0. The molecule has 1 aliphatic rings. The first-order valence-electron chi connectivity index (χ1n) is 19.0. The van der Waals surface area contributed by atoms with Gasteiger partial charge < -0.3 is 0 Å². The summed E-state index contributed by atoms with van der Waals surface area (Å²) in [5, 5.41) is 2.34. The van der Waals surface area contributed by atoms with Crippen molar-refractivity contribution in [2.45, 2.75) is 26.2 Å². The Labute approximate surface area is 326 Å². The molecule has 0 amide bonds. The lowest BCUT2D eigenvalue weighted by Crippen LogP contribution is -2.15. The van der Waals surface area contributed by atoms with Crippen LogP contribution in [0.4, 0.5) is 0 Å². The summed E-state index contributed by atoms with van der Waals surface area (Å²) < 4.78 is 0. The molecule has 0 unspecified atom stereocenters. The first kappa shape index (κ1) is 33.5. The van der Waals surface area contributed by atoms with Crippen molar-refractivity contribution in [3.05, 3.63) is 187 Å². The second-order valence-electron chi connectivity index (χ2n) is 15.0. The molecule has 0 saturated heterocycles. The molecule has 2 aromatic heterocycles. The topological polar surface area (TPSA) is 64.5 Å². The summed E-state index contributed by atoms with van der Waals surface area (Å²) in [7, 11) is 0. The summed E-state index contributed by atoms with van der Waals surface area (Å²) in [5.41, 5.74) is 14.0. The Morgan fingerprint density at radius 2 is 0.911 bits per heavy atom. The molecule has 0 N–H and O–H groups in total. The zero-order chi connectivity index (χ0) is 37.8. The number of aromatic nitrogens is 5. The fourth-order valence-corrected chi connectivity index (χ4v) is 8.18. The fraction of sp³-hybridized carbons (Fsp3) is 0.0784. The Morgan fingerprint density at radius 3 is 1.73 bits per heavy atom. The van der Waals surface area contributed by atoms with E-state index in [1.54, 1.807) is 0 Å². The lowest BCUT2D eigenvalue weighted by Gasteiger charge is -2.21. The second-order valence-corrected chi connectivity index (χ2v) is 15.0. The van der Waals surface area contributed by atoms with Gasteiger partial charge in [-0.2, -0.15) is 0 Å². The van der Waals surface area contributed by atoms with Gasteiger partial charge in [0.05, 0.1) is 11.4 Å². The number of aryl methyl sites for hydroxylation is 1. The summed E-state index contributed by atoms with van der Waals surface area (Å²) in [6, 6.07) is 59.4. The molecule has 266 valence electrons. The molecule has 5 nitrogen and oxygen atoms in total. The third-order valence-corrected chi connectivity index (χ3v) is 11.0. The zero-order valence-corrected chi connectivity index (χ0v) is 31.4. The maximum absolute atomic E-state index is 5.13. The van der Waals surface area contributed by atoms with Crippen LogP contribution in [0, 0.1) is 6.92 Å². The Hall–Kier alpha value is -7.11. The van der Waals surface area contributed by atoms with Gasteiger partial charge in [0.1, 0.15) is 5.82 Å². The van der Waals surface area contributed by atoms with E-state index in [2.05, 4.69) is 166 Å². The van der Waals surface area contributed by atoms with E-state index in [1.807, 2.05) is 25.1 Å². The van der Waals surface area contributed by atoms with Gasteiger partial charge in [0.2, 0.25) is 0 Å². The third-order valence-electron chi connectivity index (χ3n) is 11.0. The fourth-order valence-electron chi connectivity index (χ4n) is 8.18. The monoisotopic (exact) mass is 719 g/mol. The number of nitrogens with zero attached hydrogens (tertiary/aromatic N) is 5. The minimum Gasteiger partial charge on any atom is -0.228 e. The van der Waals surface area contributed by atoms with Crippen molar-refractivity contribution in [3.8, 4) is 78.9 Å². The summed E-state index contributed by atoms with van der Waals surface area (Å²) in [6.45, 7) is 6.53. The smallest absolute Gasteiger partial charge is 0.163 e. The SMILES string of the molecule is Cc1nc(-c2cccc(-c3cccc(-c4cc(-c5cccc6ccccc56)nc(-c5ccccc5)n4)c3)c2)nc(-c2ccc3c(c2)C(C)(C)c2ccccc2-3)n1. The van der Waals surface area contributed by atoms with E-state index in [0.717, 1.165) is 55.7 Å². The van der Waals surface area contributed by atoms with Gasteiger partial charge in [-0.1, -0.05) is 159 Å². The molecule has 5 heteroatoms. The van der Waals surface area contributed by atoms with Crippen LogP contribution >= 0.6 is 0 Å². The highest BCUT2D eigenvalue weighted by atomic mass is 15.0. The standard InChI is InChI=1S/C51H37N5/c1-32-52-49(56-50(53-32)39-26-27-42-41-23-9-10-25-44(41)51(2,3)45(42)30-39)38-21-12-19-36(29-38)35-18-11-20-37(28-35)46-31-47(55-48(54-46)34-15-5-4-6-16-34)43-24-13-17-33-14-7-8-22-40(33)43/h4-31H,1-3H3. The molecule has 0 aliphatic heterocycles. The molecule has 10 rings (SSSR count). The Balaban J connectivity index is 1.02. The molecule has 1 aliphatic carbocycles. The van der Waals surface area contributed by atoms with Gasteiger partial charge in [-0.05, 0) is 75.3 Å². The van der Waals surface area contributed by atoms with Crippen LogP contribution in [-0.4, -0.2) is 24.9 Å². The minimum absolute atomic E-state index is 0.109. The molecular formula is C51H37N5. The quantitative estimate of drug-likeness (QED) is 0.171. The number of hydrogen-bond donors (Lipinski definition) is 0. The molecule has 9 aromatic rings. The van der Waals surface area contributed by atoms with Crippen LogP contribution in [-0.2, 0) is 5.41 Å². The van der Waals surface area contributed by atoms with Gasteiger partial charge in [0, 0.05) is 33.2 Å². The van der Waals surface area contributed by atoms with E-state index in [4.69, 9.17) is 24.9 Å². The average Bonchev–Trinajstić information content (AvgIpc) is 3.48. The van der Waals surface area contributed by atoms with Gasteiger partial charge >= 0.3 is 0 Å². The van der Waals surface area contributed by atoms with E-state index in [0.29, 0.717) is 23.3 Å². The van der Waals surface area contributed by atoms with Gasteiger partial charge in [-0.25, -0.2) is 24.9 Å². The minimum atomic E-state index is -0.109. The highest BCUT2D eigenvalue weighted by molar-refractivity contribution is 5.96. The largest absolute Gasteiger partial charge is 0.228 e. The molecule has 0 fully saturated rings. The van der Waals surface area contributed by atoms with Crippen molar-refractivity contribution in [2.75, 3.05) is 0 Å². The van der Waals surface area contributed by atoms with E-state index in [1.165, 1.54) is 27.6 Å². The van der Waals surface area contributed by atoms with Crippen LogP contribution in [0.2, 0.25) is 0 Å². The Kier molecular flexibility index (Phi) is 7.96. The van der Waals surface area contributed by atoms with Crippen molar-refractivity contribution in [3.63, 3.8) is 0 Å². The van der Waals surface area contributed by atoms with E-state index in [-0.39, 0.29) is 5.41 Å². The maximum atomic E-state index is 5.13. The molecule has 7 aromatic carbocycles. The van der Waals surface area contributed by atoms with E-state index in [9.17, 15) is 0 Å². The Morgan fingerprint density at radius 1 is 0.357 bits per heavy atom. The summed E-state index contributed by atoms with van der Waals surface area (Å²) in [5.74, 6) is 2.70. The molecule has 0 atom stereocenters. The number of fused-ring (bicyclic) bond motifs is 4. The van der Waals surface area contributed by atoms with Crippen molar-refractivity contribution < 1.29 is 0 Å².